The molecule has 0 spiro atoms. The lowest BCUT2D eigenvalue weighted by Crippen LogP contribution is -2.40. The van der Waals surface area contributed by atoms with Crippen molar-refractivity contribution in [2.45, 2.75) is 25.8 Å². The van der Waals surface area contributed by atoms with Crippen LogP contribution in [0.4, 0.5) is 0 Å². The van der Waals surface area contributed by atoms with Crippen LogP contribution in [0.15, 0.2) is 52.2 Å². The van der Waals surface area contributed by atoms with Crippen molar-refractivity contribution in [3.63, 3.8) is 0 Å². The normalized spacial score (nSPS) is 11.4. The van der Waals surface area contributed by atoms with Gasteiger partial charge in [-0.1, -0.05) is 44.2 Å². The number of nitrogens with one attached hydrogen (secondary N) is 1. The van der Waals surface area contributed by atoms with Gasteiger partial charge in [-0.2, -0.15) is 0 Å². The van der Waals surface area contributed by atoms with Gasteiger partial charge in [-0.25, -0.2) is 4.79 Å². The highest BCUT2D eigenvalue weighted by Gasteiger charge is 2.22. The monoisotopic (exact) mass is 244 g/mol. The Hall–Kier alpha value is -2.10. The van der Waals surface area contributed by atoms with E-state index in [0.717, 1.165) is 5.56 Å². The van der Waals surface area contributed by atoms with E-state index < -0.39 is 0 Å². The third-order valence-electron chi connectivity index (χ3n) is 3.05. The smallest absolute Gasteiger partial charge is 0.314 e. The van der Waals surface area contributed by atoms with Crippen molar-refractivity contribution in [3.8, 4) is 0 Å². The van der Waals surface area contributed by atoms with Crippen molar-refractivity contribution < 1.29 is 0 Å². The van der Waals surface area contributed by atoms with Gasteiger partial charge in [-0.15, -0.1) is 0 Å². The summed E-state index contributed by atoms with van der Waals surface area (Å²) in [4.78, 5) is 25.9. The quantitative estimate of drug-likeness (QED) is 0.889. The molecule has 0 amide bonds. The molecule has 0 saturated heterocycles. The molecule has 18 heavy (non-hydrogen) atoms. The molecule has 0 atom stereocenters. The van der Waals surface area contributed by atoms with Crippen LogP contribution in [0.25, 0.3) is 0 Å². The average molecular weight is 244 g/mol. The van der Waals surface area contributed by atoms with Crippen molar-refractivity contribution in [2.75, 3.05) is 0 Å². The third-order valence-corrected chi connectivity index (χ3v) is 3.05. The van der Waals surface area contributed by atoms with Gasteiger partial charge in [-0.3, -0.25) is 9.36 Å². The van der Waals surface area contributed by atoms with Crippen LogP contribution in [0.3, 0.4) is 0 Å². The van der Waals surface area contributed by atoms with Gasteiger partial charge in [0.1, 0.15) is 0 Å². The maximum atomic E-state index is 11.7. The van der Waals surface area contributed by atoms with Crippen LogP contribution in [-0.4, -0.2) is 9.55 Å². The van der Waals surface area contributed by atoms with Gasteiger partial charge in [0, 0.05) is 24.2 Å². The van der Waals surface area contributed by atoms with Crippen molar-refractivity contribution in [3.05, 3.63) is 69.0 Å². The summed E-state index contributed by atoms with van der Waals surface area (Å²) in [7, 11) is 0. The molecule has 0 unspecified atom stereocenters. The first-order valence-electron chi connectivity index (χ1n) is 5.85. The fourth-order valence-corrected chi connectivity index (χ4v) is 1.98. The molecule has 4 heteroatoms. The van der Waals surface area contributed by atoms with Crippen LogP contribution in [0.5, 0.6) is 0 Å². The molecule has 1 aromatic carbocycles. The highest BCUT2D eigenvalue weighted by Crippen LogP contribution is 2.23. The third kappa shape index (κ3) is 2.42. The van der Waals surface area contributed by atoms with Gasteiger partial charge < -0.3 is 4.98 Å². The van der Waals surface area contributed by atoms with E-state index in [2.05, 4.69) is 4.98 Å². The van der Waals surface area contributed by atoms with Gasteiger partial charge in [0.05, 0.1) is 0 Å². The predicted molar refractivity (Wildman–Crippen MR) is 70.8 cm³/mol. The summed E-state index contributed by atoms with van der Waals surface area (Å²) in [6, 6.07) is 11.2. The maximum absolute atomic E-state index is 11.7. The predicted octanol–water partition coefficient (Wildman–Crippen LogP) is 1.51. The molecule has 0 aliphatic rings. The second-order valence-corrected chi connectivity index (χ2v) is 4.96. The number of aromatic nitrogens is 2. The molecule has 1 aromatic heterocycles. The van der Waals surface area contributed by atoms with E-state index in [-0.39, 0.29) is 16.7 Å². The lowest BCUT2D eigenvalue weighted by atomic mass is 9.84. The fraction of sp³-hybridized carbons (Fsp3) is 0.286. The van der Waals surface area contributed by atoms with E-state index >= 15 is 0 Å². The van der Waals surface area contributed by atoms with Crippen LogP contribution in [-0.2, 0) is 12.0 Å². The highest BCUT2D eigenvalue weighted by molar-refractivity contribution is 5.23. The molecule has 4 nitrogen and oxygen atoms in total. The Morgan fingerprint density at radius 2 is 1.78 bits per heavy atom. The van der Waals surface area contributed by atoms with E-state index in [1.807, 2.05) is 44.2 Å². The Morgan fingerprint density at radius 1 is 1.11 bits per heavy atom. The van der Waals surface area contributed by atoms with Crippen molar-refractivity contribution >= 4 is 0 Å². The topological polar surface area (TPSA) is 54.9 Å². The Kier molecular flexibility index (Phi) is 3.19. The lowest BCUT2D eigenvalue weighted by molar-refractivity contribution is 0.415. The largest absolute Gasteiger partial charge is 0.328 e. The molecule has 94 valence electrons. The van der Waals surface area contributed by atoms with Gasteiger partial charge in [0.15, 0.2) is 0 Å². The zero-order valence-corrected chi connectivity index (χ0v) is 10.5. The number of H-pyrrole nitrogens is 1. The van der Waals surface area contributed by atoms with E-state index in [1.54, 1.807) is 0 Å². The molecular weight excluding hydrogens is 228 g/mol. The molecule has 0 bridgehead atoms. The van der Waals surface area contributed by atoms with Gasteiger partial charge in [0.25, 0.3) is 5.56 Å². The fourth-order valence-electron chi connectivity index (χ4n) is 1.98. The SMILES string of the molecule is CC(C)(Cn1c(=O)cc[nH]c1=O)c1ccccc1. The molecule has 1 N–H and O–H groups in total. The Bertz CT molecular complexity index is 610. The first kappa shape index (κ1) is 12.4. The van der Waals surface area contributed by atoms with E-state index in [4.69, 9.17) is 0 Å². The Balaban J connectivity index is 2.40. The van der Waals surface area contributed by atoms with E-state index in [0.29, 0.717) is 6.54 Å². The lowest BCUT2D eigenvalue weighted by Gasteiger charge is -2.25. The molecule has 0 fully saturated rings. The number of hydrogen-bond acceptors (Lipinski definition) is 2. The molecule has 1 heterocycles. The summed E-state index contributed by atoms with van der Waals surface area (Å²) in [5.74, 6) is 0. The minimum Gasteiger partial charge on any atom is -0.314 e. The minimum absolute atomic E-state index is 0.275. The van der Waals surface area contributed by atoms with Crippen molar-refractivity contribution in [2.24, 2.45) is 0 Å². The van der Waals surface area contributed by atoms with E-state index in [1.165, 1.54) is 16.8 Å². The Morgan fingerprint density at radius 3 is 2.39 bits per heavy atom. The van der Waals surface area contributed by atoms with Gasteiger partial charge in [-0.05, 0) is 5.56 Å². The van der Waals surface area contributed by atoms with Gasteiger partial charge in [0.2, 0.25) is 0 Å². The van der Waals surface area contributed by atoms with Crippen LogP contribution in [0, 0.1) is 0 Å². The highest BCUT2D eigenvalue weighted by atomic mass is 16.2. The zero-order chi connectivity index (χ0) is 13.2. The van der Waals surface area contributed by atoms with Crippen LogP contribution >= 0.6 is 0 Å². The summed E-state index contributed by atoms with van der Waals surface area (Å²) in [5, 5.41) is 0. The van der Waals surface area contributed by atoms with Gasteiger partial charge >= 0.3 is 5.69 Å². The first-order chi connectivity index (χ1) is 8.50. The standard InChI is InChI=1S/C14H16N2O2/c1-14(2,11-6-4-3-5-7-11)10-16-12(17)8-9-15-13(16)18/h3-9H,10H2,1-2H3,(H,15,18). The first-order valence-corrected chi connectivity index (χ1v) is 5.85. The molecule has 0 aliphatic heterocycles. The summed E-state index contributed by atoms with van der Waals surface area (Å²) >= 11 is 0. The molecule has 0 radical (unpaired) electrons. The molecule has 2 rings (SSSR count). The summed E-state index contributed by atoms with van der Waals surface area (Å²) in [6.45, 7) is 4.38. The number of rotatable bonds is 3. The summed E-state index contributed by atoms with van der Waals surface area (Å²) in [5.41, 5.74) is 0.175. The summed E-state index contributed by atoms with van der Waals surface area (Å²) in [6.07, 6.45) is 1.37. The molecule has 0 aliphatic carbocycles. The minimum atomic E-state index is -0.369. The second-order valence-electron chi connectivity index (χ2n) is 4.96. The average Bonchev–Trinajstić information content (AvgIpc) is 2.35. The maximum Gasteiger partial charge on any atom is 0.328 e. The second kappa shape index (κ2) is 4.64. The van der Waals surface area contributed by atoms with Crippen LogP contribution in [0.1, 0.15) is 19.4 Å². The molecule has 0 saturated carbocycles. The van der Waals surface area contributed by atoms with Crippen LogP contribution in [0.2, 0.25) is 0 Å². The molecule has 2 aromatic rings. The summed E-state index contributed by atoms with van der Waals surface area (Å²) < 4.78 is 1.23. The van der Waals surface area contributed by atoms with Crippen LogP contribution < -0.4 is 11.2 Å². The zero-order valence-electron chi connectivity index (χ0n) is 10.5. The number of benzene rings is 1. The Labute approximate surface area is 105 Å². The van der Waals surface area contributed by atoms with Crippen molar-refractivity contribution in [1.82, 2.24) is 9.55 Å². The number of hydrogen-bond donors (Lipinski definition) is 1. The van der Waals surface area contributed by atoms with Crippen molar-refractivity contribution in [1.29, 1.82) is 0 Å². The molecular formula is C14H16N2O2. The number of nitrogens with zero attached hydrogens (tertiary/aromatic N) is 1. The number of aromatic amines is 1. The van der Waals surface area contributed by atoms with E-state index in [9.17, 15) is 9.59 Å².